The zero-order valence-electron chi connectivity index (χ0n) is 33.9. The zero-order chi connectivity index (χ0) is 42.6. The Balaban J connectivity index is 0.000000240. The number of alkyl halides is 1. The Morgan fingerprint density at radius 1 is 0.644 bits per heavy atom. The van der Waals surface area contributed by atoms with Crippen molar-refractivity contribution in [2.45, 2.75) is 39.5 Å². The molecule has 0 spiro atoms. The van der Waals surface area contributed by atoms with Crippen LogP contribution in [0.5, 0.6) is 34.5 Å². The van der Waals surface area contributed by atoms with Crippen molar-refractivity contribution in [3.05, 3.63) is 107 Å². The number of ether oxygens (including phenoxy) is 5. The second-order valence-corrected chi connectivity index (χ2v) is 13.2. The second kappa shape index (κ2) is 24.2. The lowest BCUT2D eigenvalue weighted by Crippen LogP contribution is -2.32. The van der Waals surface area contributed by atoms with E-state index in [0.29, 0.717) is 72.1 Å². The standard InChI is InChI=1S/C22H26N2O5.C20H22N2O4.C2H5ClO/c1-3-28-21-15-17(8-11-20(21)27-2)19-5-4-12-24(23-19)22(26)16-6-9-18(10-7-16)29-14-13-25;1-3-26-19-13-15(8-11-18(19)25-2)17-5-4-12-22(21-17)20(24)14-6-9-16(23)10-7-14;3-1-2-4/h6-11,15,25H,3-5,12-14H2,1-2H3;6-11,13,23H,3-5,12H2,1-2H3;4H,1-2H2. The first-order valence-electron chi connectivity index (χ1n) is 19.4. The van der Waals surface area contributed by atoms with Gasteiger partial charge in [0.25, 0.3) is 11.8 Å². The molecule has 2 amide bonds. The van der Waals surface area contributed by atoms with Gasteiger partial charge in [-0.05, 0) is 124 Å². The van der Waals surface area contributed by atoms with Crippen LogP contribution >= 0.6 is 11.6 Å². The summed E-state index contributed by atoms with van der Waals surface area (Å²) in [6.45, 7) is 6.31. The SMILES string of the molecule is CCOc1cc(C2=NN(C(=O)c3ccc(O)cc3)CCC2)ccc1OC.CCOc1cc(C2=NN(C(=O)c3ccc(OCCO)cc3)CCC2)ccc1OC.OCCCl. The number of phenols is 1. The number of nitrogens with zero attached hydrogens (tertiary/aromatic N) is 4. The van der Waals surface area contributed by atoms with E-state index in [0.717, 1.165) is 48.2 Å². The molecule has 2 heterocycles. The lowest BCUT2D eigenvalue weighted by atomic mass is 10.0. The monoisotopic (exact) mass is 832 g/mol. The van der Waals surface area contributed by atoms with E-state index in [2.05, 4.69) is 10.2 Å². The fourth-order valence-electron chi connectivity index (χ4n) is 5.99. The predicted molar refractivity (Wildman–Crippen MR) is 227 cm³/mol. The topological polar surface area (TPSA) is 172 Å². The minimum Gasteiger partial charge on any atom is -0.508 e. The fraction of sp³-hybridized carbons (Fsp3) is 0.364. The number of carbonyl (C=O) groups is 2. The molecule has 0 aromatic heterocycles. The van der Waals surface area contributed by atoms with Crippen molar-refractivity contribution in [2.24, 2.45) is 10.2 Å². The summed E-state index contributed by atoms with van der Waals surface area (Å²) < 4.78 is 27.3. The molecular weight excluding hydrogens is 780 g/mol. The lowest BCUT2D eigenvalue weighted by molar-refractivity contribution is 0.0744. The van der Waals surface area contributed by atoms with Crippen LogP contribution in [0.25, 0.3) is 0 Å². The van der Waals surface area contributed by atoms with Crippen LogP contribution in [0.4, 0.5) is 0 Å². The Morgan fingerprint density at radius 2 is 1.08 bits per heavy atom. The third-order valence-corrected chi connectivity index (χ3v) is 8.94. The number of carbonyl (C=O) groups excluding carboxylic acids is 2. The van der Waals surface area contributed by atoms with Crippen molar-refractivity contribution in [3.63, 3.8) is 0 Å². The number of phenolic OH excluding ortho intramolecular Hbond substituents is 1. The summed E-state index contributed by atoms with van der Waals surface area (Å²) in [4.78, 5) is 25.5. The van der Waals surface area contributed by atoms with Crippen LogP contribution in [0.3, 0.4) is 0 Å². The number of hydrogen-bond acceptors (Lipinski definition) is 12. The number of hydrazone groups is 2. The highest BCUT2D eigenvalue weighted by molar-refractivity contribution is 6.17. The van der Waals surface area contributed by atoms with E-state index >= 15 is 0 Å². The van der Waals surface area contributed by atoms with Gasteiger partial charge in [0.1, 0.15) is 18.1 Å². The Bertz CT molecular complexity index is 2010. The summed E-state index contributed by atoms with van der Waals surface area (Å²) in [6, 6.07) is 24.4. The molecule has 316 valence electrons. The highest BCUT2D eigenvalue weighted by Gasteiger charge is 2.23. The van der Waals surface area contributed by atoms with Crippen molar-refractivity contribution >= 4 is 34.8 Å². The molecule has 0 saturated carbocycles. The van der Waals surface area contributed by atoms with Gasteiger partial charge in [0, 0.05) is 41.2 Å². The van der Waals surface area contributed by atoms with E-state index in [9.17, 15) is 14.7 Å². The van der Waals surface area contributed by atoms with Crippen molar-refractivity contribution in [2.75, 3.05) is 66.2 Å². The third kappa shape index (κ3) is 13.4. The first-order chi connectivity index (χ1) is 28.7. The zero-order valence-corrected chi connectivity index (χ0v) is 34.7. The van der Waals surface area contributed by atoms with E-state index in [1.165, 1.54) is 22.2 Å². The van der Waals surface area contributed by atoms with E-state index in [1.54, 1.807) is 50.6 Å². The molecule has 4 aromatic carbocycles. The van der Waals surface area contributed by atoms with Crippen LogP contribution in [0.1, 0.15) is 71.4 Å². The van der Waals surface area contributed by atoms with Crippen molar-refractivity contribution in [3.8, 4) is 34.5 Å². The summed E-state index contributed by atoms with van der Waals surface area (Å²) in [5.74, 6) is 3.42. The molecule has 14 nitrogen and oxygen atoms in total. The van der Waals surface area contributed by atoms with Gasteiger partial charge < -0.3 is 39.0 Å². The molecule has 0 radical (unpaired) electrons. The average molecular weight is 833 g/mol. The normalized spacial score (nSPS) is 13.3. The maximum atomic E-state index is 12.9. The molecule has 0 atom stereocenters. The molecule has 3 N–H and O–H groups in total. The van der Waals surface area contributed by atoms with Crippen LogP contribution in [-0.4, -0.2) is 115 Å². The van der Waals surface area contributed by atoms with Crippen LogP contribution in [0, 0.1) is 0 Å². The highest BCUT2D eigenvalue weighted by atomic mass is 35.5. The van der Waals surface area contributed by atoms with Crippen molar-refractivity contribution in [1.29, 1.82) is 0 Å². The molecule has 2 aliphatic heterocycles. The largest absolute Gasteiger partial charge is 0.508 e. The number of methoxy groups -OCH3 is 2. The molecule has 0 aliphatic carbocycles. The van der Waals surface area contributed by atoms with Gasteiger partial charge in [0.05, 0.1) is 52.1 Å². The summed E-state index contributed by atoms with van der Waals surface area (Å²) in [5, 5.41) is 38.1. The van der Waals surface area contributed by atoms with E-state index in [1.807, 2.05) is 50.2 Å². The number of aliphatic hydroxyl groups is 2. The average Bonchev–Trinajstić information content (AvgIpc) is 3.29. The summed E-state index contributed by atoms with van der Waals surface area (Å²) >= 11 is 4.94. The molecule has 0 unspecified atom stereocenters. The van der Waals surface area contributed by atoms with Crippen molar-refractivity contribution in [1.82, 2.24) is 10.0 Å². The number of benzene rings is 4. The van der Waals surface area contributed by atoms with Gasteiger partial charge in [-0.2, -0.15) is 10.2 Å². The van der Waals surface area contributed by atoms with Gasteiger partial charge in [-0.3, -0.25) is 9.59 Å². The Kier molecular flexibility index (Phi) is 18.8. The molecule has 0 bridgehead atoms. The van der Waals surface area contributed by atoms with Gasteiger partial charge in [0.15, 0.2) is 23.0 Å². The first-order valence-corrected chi connectivity index (χ1v) is 19.9. The number of aromatic hydroxyl groups is 1. The fourth-order valence-corrected chi connectivity index (χ4v) is 5.99. The Hall–Kier alpha value is -5.83. The second-order valence-electron chi connectivity index (χ2n) is 12.8. The molecule has 6 rings (SSSR count). The van der Waals surface area contributed by atoms with E-state index in [4.69, 9.17) is 45.5 Å². The van der Waals surface area contributed by atoms with E-state index in [-0.39, 0.29) is 37.4 Å². The summed E-state index contributed by atoms with van der Waals surface area (Å²) in [6.07, 6.45) is 3.24. The Morgan fingerprint density at radius 3 is 1.47 bits per heavy atom. The van der Waals surface area contributed by atoms with Gasteiger partial charge >= 0.3 is 0 Å². The number of rotatable bonds is 14. The minimum atomic E-state index is -0.180. The molecular formula is C44H53ClN4O10. The van der Waals surface area contributed by atoms with Gasteiger partial charge in [-0.15, -0.1) is 11.6 Å². The number of halogens is 1. The number of aliphatic hydroxyl groups excluding tert-OH is 2. The maximum absolute atomic E-state index is 12.9. The Labute approximate surface area is 350 Å². The molecule has 2 aliphatic rings. The third-order valence-electron chi connectivity index (χ3n) is 8.77. The van der Waals surface area contributed by atoms with Crippen LogP contribution < -0.4 is 23.7 Å². The van der Waals surface area contributed by atoms with Crippen LogP contribution in [0.2, 0.25) is 0 Å². The molecule has 4 aromatic rings. The van der Waals surface area contributed by atoms with Crippen LogP contribution in [-0.2, 0) is 0 Å². The molecule has 15 heteroatoms. The molecule has 0 fully saturated rings. The van der Waals surface area contributed by atoms with Crippen molar-refractivity contribution < 1.29 is 48.6 Å². The highest BCUT2D eigenvalue weighted by Crippen LogP contribution is 2.31. The molecule has 59 heavy (non-hydrogen) atoms. The predicted octanol–water partition coefficient (Wildman–Crippen LogP) is 6.76. The van der Waals surface area contributed by atoms with Gasteiger partial charge in [0.2, 0.25) is 0 Å². The quantitative estimate of drug-likeness (QED) is 0.115. The van der Waals surface area contributed by atoms with Gasteiger partial charge in [-0.1, -0.05) is 0 Å². The summed E-state index contributed by atoms with van der Waals surface area (Å²) in [7, 11) is 3.21. The number of amides is 2. The lowest BCUT2D eigenvalue weighted by Gasteiger charge is -2.24. The smallest absolute Gasteiger partial charge is 0.273 e. The van der Waals surface area contributed by atoms with E-state index < -0.39 is 0 Å². The molecule has 0 saturated heterocycles. The van der Waals surface area contributed by atoms with Crippen LogP contribution in [0.15, 0.2) is 95.1 Å². The van der Waals surface area contributed by atoms with Gasteiger partial charge in [-0.25, -0.2) is 10.0 Å². The minimum absolute atomic E-state index is 0.0533. The number of hydrogen-bond donors (Lipinski definition) is 3. The maximum Gasteiger partial charge on any atom is 0.273 e. The summed E-state index contributed by atoms with van der Waals surface area (Å²) in [5.41, 5.74) is 4.55. The first kappa shape index (κ1) is 45.9.